The van der Waals surface area contributed by atoms with Gasteiger partial charge in [0.15, 0.2) is 16.4 Å². The lowest BCUT2D eigenvalue weighted by Gasteiger charge is -2.33. The first-order valence-corrected chi connectivity index (χ1v) is 14.1. The first-order chi connectivity index (χ1) is 17.9. The molecule has 0 saturated carbocycles. The SMILES string of the molecule is COc1cc(C=Nc2sc3c(c2C#N)CC[C@@H](C(C)(C)C)C3)ccc1OS(=O)(=O)c1ccccc1[N+](=O)[O-]. The van der Waals surface area contributed by atoms with Crippen LogP contribution in [0.4, 0.5) is 10.7 Å². The summed E-state index contributed by atoms with van der Waals surface area (Å²) in [6.07, 6.45) is 4.42. The molecule has 3 aromatic rings. The smallest absolute Gasteiger partial charge is 0.346 e. The first kappa shape index (κ1) is 27.3. The first-order valence-electron chi connectivity index (χ1n) is 11.9. The van der Waals surface area contributed by atoms with Gasteiger partial charge in [0.05, 0.1) is 17.6 Å². The van der Waals surface area contributed by atoms with Crippen molar-refractivity contribution in [2.24, 2.45) is 16.3 Å². The number of ether oxygens (including phenoxy) is 1. The number of aliphatic imine (C=N–C) groups is 1. The van der Waals surface area contributed by atoms with Crippen LogP contribution in [0.5, 0.6) is 11.5 Å². The Morgan fingerprint density at radius 3 is 2.61 bits per heavy atom. The van der Waals surface area contributed by atoms with E-state index in [1.807, 2.05) is 0 Å². The number of benzene rings is 2. The normalized spacial score (nSPS) is 15.6. The Morgan fingerprint density at radius 1 is 1.21 bits per heavy atom. The molecule has 198 valence electrons. The monoisotopic (exact) mass is 553 g/mol. The number of para-hydroxylation sites is 1. The summed E-state index contributed by atoms with van der Waals surface area (Å²) >= 11 is 1.54. The average Bonchev–Trinajstić information content (AvgIpc) is 3.24. The molecule has 0 amide bonds. The van der Waals surface area contributed by atoms with Crippen LogP contribution in [0.15, 0.2) is 52.4 Å². The molecule has 4 rings (SSSR count). The number of hydrogen-bond donors (Lipinski definition) is 0. The van der Waals surface area contributed by atoms with E-state index in [9.17, 15) is 23.8 Å². The van der Waals surface area contributed by atoms with Crippen LogP contribution in [0.1, 0.15) is 48.8 Å². The highest BCUT2D eigenvalue weighted by atomic mass is 32.2. The van der Waals surface area contributed by atoms with Crippen molar-refractivity contribution in [3.05, 3.63) is 74.1 Å². The Balaban J connectivity index is 1.60. The van der Waals surface area contributed by atoms with Crippen molar-refractivity contribution in [3.8, 4) is 17.6 Å². The lowest BCUT2D eigenvalue weighted by Crippen LogP contribution is -2.26. The zero-order chi connectivity index (χ0) is 27.7. The van der Waals surface area contributed by atoms with Gasteiger partial charge >= 0.3 is 10.1 Å². The van der Waals surface area contributed by atoms with E-state index in [4.69, 9.17) is 8.92 Å². The molecule has 0 unspecified atom stereocenters. The summed E-state index contributed by atoms with van der Waals surface area (Å²) in [5.74, 6) is 0.526. The Morgan fingerprint density at radius 2 is 1.95 bits per heavy atom. The van der Waals surface area contributed by atoms with Crippen LogP contribution in [-0.2, 0) is 23.0 Å². The molecular formula is C27H27N3O6S2. The maximum atomic E-state index is 12.8. The van der Waals surface area contributed by atoms with Gasteiger partial charge in [-0.25, -0.2) is 4.99 Å². The largest absolute Gasteiger partial charge is 0.493 e. The van der Waals surface area contributed by atoms with E-state index in [0.29, 0.717) is 22.0 Å². The number of rotatable bonds is 7. The summed E-state index contributed by atoms with van der Waals surface area (Å²) in [6, 6.07) is 11.8. The van der Waals surface area contributed by atoms with Crippen LogP contribution >= 0.6 is 11.3 Å². The lowest BCUT2D eigenvalue weighted by atomic mass is 9.72. The van der Waals surface area contributed by atoms with Crippen LogP contribution in [0.3, 0.4) is 0 Å². The van der Waals surface area contributed by atoms with E-state index in [-0.39, 0.29) is 16.9 Å². The van der Waals surface area contributed by atoms with E-state index in [2.05, 4.69) is 31.8 Å². The fraction of sp³-hybridized carbons (Fsp3) is 0.333. The Bertz CT molecular complexity index is 1560. The fourth-order valence-electron chi connectivity index (χ4n) is 4.47. The van der Waals surface area contributed by atoms with Gasteiger partial charge in [-0.15, -0.1) is 11.3 Å². The van der Waals surface area contributed by atoms with E-state index >= 15 is 0 Å². The second-order valence-electron chi connectivity index (χ2n) is 10.0. The van der Waals surface area contributed by atoms with E-state index in [0.717, 1.165) is 37.0 Å². The van der Waals surface area contributed by atoms with Gasteiger partial charge in [0.2, 0.25) is 0 Å². The van der Waals surface area contributed by atoms with Crippen LogP contribution < -0.4 is 8.92 Å². The van der Waals surface area contributed by atoms with Crippen LogP contribution in [-0.4, -0.2) is 26.7 Å². The van der Waals surface area contributed by atoms with Gasteiger partial charge in [-0.2, -0.15) is 13.7 Å². The van der Waals surface area contributed by atoms with Gasteiger partial charge in [0.1, 0.15) is 11.1 Å². The van der Waals surface area contributed by atoms with Crippen molar-refractivity contribution in [1.82, 2.24) is 0 Å². The molecule has 38 heavy (non-hydrogen) atoms. The van der Waals surface area contributed by atoms with E-state index in [1.54, 1.807) is 18.3 Å². The summed E-state index contributed by atoms with van der Waals surface area (Å²) in [6.45, 7) is 6.73. The number of methoxy groups -OCH3 is 1. The molecule has 1 aromatic heterocycles. The minimum atomic E-state index is -4.51. The van der Waals surface area contributed by atoms with Crippen LogP contribution in [0.25, 0.3) is 0 Å². The number of nitro benzene ring substituents is 1. The molecule has 0 aliphatic heterocycles. The molecule has 0 saturated heterocycles. The Kier molecular flexibility index (Phi) is 7.58. The third-order valence-electron chi connectivity index (χ3n) is 6.63. The van der Waals surface area contributed by atoms with Crippen molar-refractivity contribution in [1.29, 1.82) is 5.26 Å². The van der Waals surface area contributed by atoms with Gasteiger partial charge in [-0.1, -0.05) is 32.9 Å². The number of nitrogens with zero attached hydrogens (tertiary/aromatic N) is 3. The van der Waals surface area contributed by atoms with Crippen molar-refractivity contribution in [2.75, 3.05) is 7.11 Å². The van der Waals surface area contributed by atoms with Gasteiger partial charge in [0, 0.05) is 17.2 Å². The molecule has 0 N–H and O–H groups in total. The zero-order valence-corrected chi connectivity index (χ0v) is 23.1. The predicted molar refractivity (Wildman–Crippen MR) is 145 cm³/mol. The Hall–Kier alpha value is -3.75. The molecule has 9 nitrogen and oxygen atoms in total. The molecular weight excluding hydrogens is 526 g/mol. The second-order valence-corrected chi connectivity index (χ2v) is 12.6. The highest BCUT2D eigenvalue weighted by molar-refractivity contribution is 7.87. The van der Waals surface area contributed by atoms with Crippen LogP contribution in [0.2, 0.25) is 0 Å². The lowest BCUT2D eigenvalue weighted by molar-refractivity contribution is -0.387. The molecule has 11 heteroatoms. The number of fused-ring (bicyclic) bond motifs is 1. The van der Waals surface area contributed by atoms with E-state index in [1.165, 1.54) is 41.5 Å². The van der Waals surface area contributed by atoms with Gasteiger partial charge in [0.25, 0.3) is 5.69 Å². The minimum absolute atomic E-state index is 0.107. The molecule has 2 aromatic carbocycles. The third-order valence-corrected chi connectivity index (χ3v) is 9.08. The quantitative estimate of drug-likeness (QED) is 0.147. The Labute approximate surface area is 225 Å². The number of thiophene rings is 1. The summed E-state index contributed by atoms with van der Waals surface area (Å²) in [7, 11) is -3.15. The zero-order valence-electron chi connectivity index (χ0n) is 21.4. The topological polar surface area (TPSA) is 132 Å². The average molecular weight is 554 g/mol. The second kappa shape index (κ2) is 10.6. The molecule has 0 spiro atoms. The van der Waals surface area contributed by atoms with Gasteiger partial charge in [-0.3, -0.25) is 10.1 Å². The maximum absolute atomic E-state index is 12.8. The summed E-state index contributed by atoms with van der Waals surface area (Å²) < 4.78 is 36.1. The predicted octanol–water partition coefficient (Wildman–Crippen LogP) is 6.21. The van der Waals surface area contributed by atoms with Crippen molar-refractivity contribution in [3.63, 3.8) is 0 Å². The summed E-state index contributed by atoms with van der Waals surface area (Å²) in [5, 5.41) is 21.7. The molecule has 1 atom stereocenters. The molecule has 1 heterocycles. The molecule has 0 fully saturated rings. The standard InChI is InChI=1S/C27H27N3O6S2/c1-27(2,3)18-10-11-19-20(15-28)26(37-24(19)14-18)29-16-17-9-12-22(23(13-17)35-4)36-38(33,34)25-8-6-5-7-21(25)30(31)32/h5-9,12-13,16,18H,10-11,14H2,1-4H3/t18-/m1/s1. The number of nitriles is 1. The fourth-order valence-corrected chi connectivity index (χ4v) is 6.80. The van der Waals surface area contributed by atoms with Gasteiger partial charge in [-0.05, 0) is 66.0 Å². The van der Waals surface area contributed by atoms with Crippen LogP contribution in [0, 0.1) is 32.8 Å². The van der Waals surface area contributed by atoms with Gasteiger partial charge < -0.3 is 8.92 Å². The third kappa shape index (κ3) is 5.56. The summed E-state index contributed by atoms with van der Waals surface area (Å²) in [5.41, 5.74) is 1.90. The van der Waals surface area contributed by atoms with Crippen molar-refractivity contribution >= 4 is 38.4 Å². The summed E-state index contributed by atoms with van der Waals surface area (Å²) in [4.78, 5) is 15.7. The highest BCUT2D eigenvalue weighted by Gasteiger charge is 2.32. The molecule has 1 aliphatic carbocycles. The molecule has 0 radical (unpaired) electrons. The van der Waals surface area contributed by atoms with Crippen molar-refractivity contribution < 1.29 is 22.3 Å². The minimum Gasteiger partial charge on any atom is -0.493 e. The maximum Gasteiger partial charge on any atom is 0.346 e. The molecule has 1 aliphatic rings. The van der Waals surface area contributed by atoms with Crippen molar-refractivity contribution in [2.45, 2.75) is 44.9 Å². The van der Waals surface area contributed by atoms with E-state index < -0.39 is 25.6 Å². The number of hydrogen-bond acceptors (Lipinski definition) is 9. The highest BCUT2D eigenvalue weighted by Crippen LogP contribution is 2.45. The number of nitro groups is 1. The molecule has 0 bridgehead atoms.